The van der Waals surface area contributed by atoms with Crippen molar-refractivity contribution in [1.29, 1.82) is 0 Å². The second-order valence-electron chi connectivity index (χ2n) is 4.13. The van der Waals surface area contributed by atoms with Gasteiger partial charge >= 0.3 is 6.18 Å². The summed E-state index contributed by atoms with van der Waals surface area (Å²) in [6, 6.07) is 4.87. The Kier molecular flexibility index (Phi) is 3.99. The van der Waals surface area contributed by atoms with Crippen LogP contribution >= 0.6 is 15.9 Å². The molecule has 2 rings (SSSR count). The Morgan fingerprint density at radius 1 is 1.25 bits per heavy atom. The predicted octanol–water partition coefficient (Wildman–Crippen LogP) is 4.07. The Balaban J connectivity index is 2.55. The van der Waals surface area contributed by atoms with Gasteiger partial charge in [0.15, 0.2) is 5.82 Å². The number of halogens is 4. The standard InChI is InChI=1S/C13H11BrF3N3/c1-2-9-10(14)11(18)20-12(19-9)7-4-3-5-8(6-7)13(15,16)17/h3-6H,2H2,1H3,(H2,18,19,20). The molecule has 0 amide bonds. The summed E-state index contributed by atoms with van der Waals surface area (Å²) < 4.78 is 38.7. The number of nitrogen functional groups attached to an aromatic ring is 1. The van der Waals surface area contributed by atoms with E-state index in [0.29, 0.717) is 16.6 Å². The van der Waals surface area contributed by atoms with Gasteiger partial charge in [0.2, 0.25) is 0 Å². The number of anilines is 1. The lowest BCUT2D eigenvalue weighted by Crippen LogP contribution is -2.06. The first-order valence-electron chi connectivity index (χ1n) is 5.82. The number of aromatic nitrogens is 2. The smallest absolute Gasteiger partial charge is 0.383 e. The highest BCUT2D eigenvalue weighted by Crippen LogP contribution is 2.32. The highest BCUT2D eigenvalue weighted by molar-refractivity contribution is 9.10. The Hall–Kier alpha value is -1.63. The molecular weight excluding hydrogens is 335 g/mol. The van der Waals surface area contributed by atoms with Crippen molar-refractivity contribution in [2.45, 2.75) is 19.5 Å². The number of hydrogen-bond acceptors (Lipinski definition) is 3. The summed E-state index contributed by atoms with van der Waals surface area (Å²) in [5, 5.41) is 0. The van der Waals surface area contributed by atoms with Crippen LogP contribution in [0.1, 0.15) is 18.2 Å². The van der Waals surface area contributed by atoms with E-state index in [4.69, 9.17) is 5.73 Å². The molecule has 1 aromatic carbocycles. The van der Waals surface area contributed by atoms with Gasteiger partial charge in [0.1, 0.15) is 5.82 Å². The fraction of sp³-hybridized carbons (Fsp3) is 0.231. The molecule has 2 N–H and O–H groups in total. The molecule has 2 aromatic rings. The molecule has 0 unspecified atom stereocenters. The van der Waals surface area contributed by atoms with Gasteiger partial charge in [0, 0.05) is 5.56 Å². The summed E-state index contributed by atoms with van der Waals surface area (Å²) in [4.78, 5) is 8.27. The third kappa shape index (κ3) is 2.92. The summed E-state index contributed by atoms with van der Waals surface area (Å²) in [5.41, 5.74) is 5.94. The Morgan fingerprint density at radius 2 is 1.95 bits per heavy atom. The normalized spacial score (nSPS) is 11.7. The lowest BCUT2D eigenvalue weighted by molar-refractivity contribution is -0.137. The second kappa shape index (κ2) is 5.40. The van der Waals surface area contributed by atoms with Crippen molar-refractivity contribution in [2.24, 2.45) is 0 Å². The lowest BCUT2D eigenvalue weighted by Gasteiger charge is -2.10. The van der Waals surface area contributed by atoms with E-state index in [1.807, 2.05) is 6.92 Å². The fourth-order valence-electron chi connectivity index (χ4n) is 1.71. The van der Waals surface area contributed by atoms with Gasteiger partial charge in [0.25, 0.3) is 0 Å². The zero-order chi connectivity index (χ0) is 14.9. The van der Waals surface area contributed by atoms with E-state index in [9.17, 15) is 13.2 Å². The van der Waals surface area contributed by atoms with E-state index in [1.54, 1.807) is 0 Å². The SMILES string of the molecule is CCc1nc(-c2cccc(C(F)(F)F)c2)nc(N)c1Br. The van der Waals surface area contributed by atoms with Crippen LogP contribution in [0, 0.1) is 0 Å². The van der Waals surface area contributed by atoms with Gasteiger partial charge in [-0.3, -0.25) is 0 Å². The van der Waals surface area contributed by atoms with Gasteiger partial charge in [-0.15, -0.1) is 0 Å². The summed E-state index contributed by atoms with van der Waals surface area (Å²) in [7, 11) is 0. The summed E-state index contributed by atoms with van der Waals surface area (Å²) in [6.45, 7) is 1.88. The van der Waals surface area contributed by atoms with Gasteiger partial charge in [-0.2, -0.15) is 13.2 Å². The molecule has 1 aromatic heterocycles. The van der Waals surface area contributed by atoms with Gasteiger partial charge in [-0.25, -0.2) is 9.97 Å². The number of alkyl halides is 3. The van der Waals surface area contributed by atoms with Gasteiger partial charge in [-0.1, -0.05) is 19.1 Å². The van der Waals surface area contributed by atoms with Crippen LogP contribution in [0.3, 0.4) is 0 Å². The quantitative estimate of drug-likeness (QED) is 0.892. The summed E-state index contributed by atoms with van der Waals surface area (Å²) >= 11 is 3.26. The van der Waals surface area contributed by atoms with Crippen LogP contribution in [-0.2, 0) is 12.6 Å². The maximum atomic E-state index is 12.7. The molecule has 0 aliphatic heterocycles. The van der Waals surface area contributed by atoms with E-state index in [2.05, 4.69) is 25.9 Å². The predicted molar refractivity (Wildman–Crippen MR) is 74.0 cm³/mol. The van der Waals surface area contributed by atoms with E-state index >= 15 is 0 Å². The Labute approximate surface area is 122 Å². The highest BCUT2D eigenvalue weighted by Gasteiger charge is 2.30. The van der Waals surface area contributed by atoms with Gasteiger partial charge in [-0.05, 0) is 34.5 Å². The maximum absolute atomic E-state index is 12.7. The number of hydrogen-bond donors (Lipinski definition) is 1. The Bertz CT molecular complexity index is 641. The lowest BCUT2D eigenvalue weighted by atomic mass is 10.1. The number of rotatable bonds is 2. The van der Waals surface area contributed by atoms with Crippen LogP contribution in [-0.4, -0.2) is 9.97 Å². The van der Waals surface area contributed by atoms with Crippen molar-refractivity contribution < 1.29 is 13.2 Å². The molecule has 0 fully saturated rings. The third-order valence-electron chi connectivity index (χ3n) is 2.73. The number of nitrogens with zero attached hydrogens (tertiary/aromatic N) is 2. The topological polar surface area (TPSA) is 51.8 Å². The zero-order valence-electron chi connectivity index (χ0n) is 10.5. The first-order valence-corrected chi connectivity index (χ1v) is 6.61. The van der Waals surface area contributed by atoms with Crippen molar-refractivity contribution in [3.05, 3.63) is 40.0 Å². The molecule has 7 heteroatoms. The molecule has 1 heterocycles. The highest BCUT2D eigenvalue weighted by atomic mass is 79.9. The molecule has 0 aliphatic carbocycles. The number of nitrogens with two attached hydrogens (primary N) is 1. The molecule has 0 radical (unpaired) electrons. The minimum absolute atomic E-state index is 0.189. The molecule has 20 heavy (non-hydrogen) atoms. The molecule has 0 atom stereocenters. The molecule has 3 nitrogen and oxygen atoms in total. The van der Waals surface area contributed by atoms with Gasteiger partial charge in [0.05, 0.1) is 15.7 Å². The average molecular weight is 346 g/mol. The van der Waals surface area contributed by atoms with Crippen LogP contribution in [0.5, 0.6) is 0 Å². The van der Waals surface area contributed by atoms with Crippen LogP contribution in [0.2, 0.25) is 0 Å². The molecule has 0 saturated carbocycles. The minimum atomic E-state index is -4.40. The Morgan fingerprint density at radius 3 is 2.55 bits per heavy atom. The largest absolute Gasteiger partial charge is 0.416 e. The van der Waals surface area contributed by atoms with E-state index in [1.165, 1.54) is 12.1 Å². The van der Waals surface area contributed by atoms with Crippen LogP contribution < -0.4 is 5.73 Å². The van der Waals surface area contributed by atoms with Crippen molar-refractivity contribution in [2.75, 3.05) is 5.73 Å². The van der Waals surface area contributed by atoms with Crippen molar-refractivity contribution in [3.63, 3.8) is 0 Å². The molecule has 0 aliphatic rings. The van der Waals surface area contributed by atoms with Gasteiger partial charge < -0.3 is 5.73 Å². The maximum Gasteiger partial charge on any atom is 0.416 e. The van der Waals surface area contributed by atoms with E-state index < -0.39 is 11.7 Å². The van der Waals surface area contributed by atoms with E-state index in [0.717, 1.165) is 12.1 Å². The molecular formula is C13H11BrF3N3. The first kappa shape index (κ1) is 14.8. The monoisotopic (exact) mass is 345 g/mol. The summed E-state index contributed by atoms with van der Waals surface area (Å²) in [6.07, 6.45) is -3.80. The van der Waals surface area contributed by atoms with Crippen LogP contribution in [0.4, 0.5) is 19.0 Å². The molecule has 106 valence electrons. The number of aryl methyl sites for hydroxylation is 1. The van der Waals surface area contributed by atoms with Crippen LogP contribution in [0.15, 0.2) is 28.7 Å². The fourth-order valence-corrected chi connectivity index (χ4v) is 2.17. The summed E-state index contributed by atoms with van der Waals surface area (Å²) in [5.74, 6) is 0.401. The minimum Gasteiger partial charge on any atom is -0.383 e. The molecule has 0 spiro atoms. The van der Waals surface area contributed by atoms with Crippen molar-refractivity contribution in [3.8, 4) is 11.4 Å². The second-order valence-corrected chi connectivity index (χ2v) is 4.92. The van der Waals surface area contributed by atoms with Crippen LogP contribution in [0.25, 0.3) is 11.4 Å². The average Bonchev–Trinajstić information content (AvgIpc) is 2.41. The van der Waals surface area contributed by atoms with E-state index in [-0.39, 0.29) is 17.2 Å². The van der Waals surface area contributed by atoms with Crippen molar-refractivity contribution in [1.82, 2.24) is 9.97 Å². The molecule has 0 saturated heterocycles. The zero-order valence-corrected chi connectivity index (χ0v) is 12.1. The number of benzene rings is 1. The molecule has 0 bridgehead atoms. The van der Waals surface area contributed by atoms with Crippen molar-refractivity contribution >= 4 is 21.7 Å². The first-order chi connectivity index (χ1) is 9.32. The third-order valence-corrected chi connectivity index (χ3v) is 3.59.